The molecule has 282 valence electrons. The molecule has 0 radical (unpaired) electrons. The fourth-order valence-corrected chi connectivity index (χ4v) is 9.79. The van der Waals surface area contributed by atoms with E-state index in [1.807, 2.05) is 58.0 Å². The molecule has 1 aromatic carbocycles. The van der Waals surface area contributed by atoms with Crippen molar-refractivity contribution in [2.45, 2.75) is 127 Å². The Morgan fingerprint density at radius 1 is 1.16 bits per heavy atom. The van der Waals surface area contributed by atoms with Gasteiger partial charge in [0.1, 0.15) is 17.7 Å². The Labute approximate surface area is 312 Å². The van der Waals surface area contributed by atoms with E-state index in [0.29, 0.717) is 31.2 Å². The third-order valence-corrected chi connectivity index (χ3v) is 11.8. The number of esters is 1. The second kappa shape index (κ2) is 15.9. The molecule has 3 amide bonds. The van der Waals surface area contributed by atoms with Crippen molar-refractivity contribution < 1.29 is 33.8 Å². The van der Waals surface area contributed by atoms with Gasteiger partial charge in [0, 0.05) is 30.4 Å². The van der Waals surface area contributed by atoms with Gasteiger partial charge in [0.2, 0.25) is 17.7 Å². The Hall–Kier alpha value is -3.02. The van der Waals surface area contributed by atoms with Crippen molar-refractivity contribution in [1.82, 2.24) is 14.7 Å². The standard InChI is InChI=1S/C40H58BrN3O7/c1-11-14-20-29(46)42(10)25(4)32(26-18-16-15-17-19-26)50-37(49)30-31-35(47)44(27(13-3)23-45)34(40(31)22-28(41)33(30)51-40)36(48)43(21-12-2)39(8,9)24-38(5,6)7/h11-12,15-19,25,27-28,30-34,45H,1-2,13-14,20-24H2,3-10H3/t25-,27-,28?,30-,31+,32+,33-,34-,40+/m0/s1. The van der Waals surface area contributed by atoms with Gasteiger partial charge < -0.3 is 29.3 Å². The fraction of sp³-hybridized carbons (Fsp3) is 0.650. The van der Waals surface area contributed by atoms with Crippen molar-refractivity contribution in [1.29, 1.82) is 0 Å². The van der Waals surface area contributed by atoms with Crippen LogP contribution in [0.15, 0.2) is 55.6 Å². The monoisotopic (exact) mass is 771 g/mol. The summed E-state index contributed by atoms with van der Waals surface area (Å²) in [6, 6.07) is 6.97. The average molecular weight is 773 g/mol. The summed E-state index contributed by atoms with van der Waals surface area (Å²) in [5.74, 6) is -3.46. The SMILES string of the molecule is C=CCCC(=O)N(C)[C@@H](C)[C@@H](OC(=O)[C@@H]1[C@H]2O[C@@]3(CC2Br)[C@H](C(=O)N(CC=C)C(C)(C)CC(C)(C)C)N([C@@H](CC)CO)C(=O)[C@@H]13)c1ccccc1. The summed E-state index contributed by atoms with van der Waals surface area (Å²) in [7, 11) is 1.69. The van der Waals surface area contributed by atoms with E-state index in [4.69, 9.17) is 9.47 Å². The molecule has 11 heteroatoms. The van der Waals surface area contributed by atoms with Gasteiger partial charge in [-0.3, -0.25) is 19.2 Å². The lowest BCUT2D eigenvalue weighted by atomic mass is 9.70. The maximum absolute atomic E-state index is 15.1. The molecule has 10 nitrogen and oxygen atoms in total. The number of hydrogen-bond donors (Lipinski definition) is 1. The lowest BCUT2D eigenvalue weighted by molar-refractivity contribution is -0.165. The summed E-state index contributed by atoms with van der Waals surface area (Å²) in [6.45, 7) is 21.7. The molecule has 1 spiro atoms. The molecule has 3 fully saturated rings. The van der Waals surface area contributed by atoms with Crippen LogP contribution in [0.2, 0.25) is 0 Å². The van der Waals surface area contributed by atoms with Crippen LogP contribution in [-0.4, -0.2) is 104 Å². The van der Waals surface area contributed by atoms with Gasteiger partial charge in [0.15, 0.2) is 0 Å². The molecule has 3 saturated heterocycles. The Balaban J connectivity index is 1.78. The topological polar surface area (TPSA) is 117 Å². The van der Waals surface area contributed by atoms with Crippen LogP contribution >= 0.6 is 15.9 Å². The molecule has 1 N–H and O–H groups in total. The van der Waals surface area contributed by atoms with E-state index in [1.165, 1.54) is 4.90 Å². The smallest absolute Gasteiger partial charge is 0.313 e. The van der Waals surface area contributed by atoms with Gasteiger partial charge in [-0.2, -0.15) is 0 Å². The van der Waals surface area contributed by atoms with E-state index in [1.54, 1.807) is 29.0 Å². The predicted molar refractivity (Wildman–Crippen MR) is 201 cm³/mol. The first-order chi connectivity index (χ1) is 23.9. The Bertz CT molecular complexity index is 1460. The van der Waals surface area contributed by atoms with Crippen LogP contribution in [0.5, 0.6) is 0 Å². The Morgan fingerprint density at radius 2 is 1.80 bits per heavy atom. The molecule has 51 heavy (non-hydrogen) atoms. The van der Waals surface area contributed by atoms with Crippen LogP contribution in [0.1, 0.15) is 92.2 Å². The van der Waals surface area contributed by atoms with Gasteiger partial charge in [0.05, 0.1) is 36.6 Å². The number of aliphatic hydroxyl groups is 1. The first-order valence-corrected chi connectivity index (χ1v) is 19.1. The fourth-order valence-electron chi connectivity index (χ4n) is 8.85. The predicted octanol–water partition coefficient (Wildman–Crippen LogP) is 5.83. The number of nitrogens with zero attached hydrogens (tertiary/aromatic N) is 3. The van der Waals surface area contributed by atoms with Crippen molar-refractivity contribution in [2.75, 3.05) is 20.2 Å². The maximum Gasteiger partial charge on any atom is 0.313 e. The minimum Gasteiger partial charge on any atom is -0.455 e. The lowest BCUT2D eigenvalue weighted by Crippen LogP contribution is -2.62. The second-order valence-corrected chi connectivity index (χ2v) is 17.5. The number of likely N-dealkylation sites (tertiary alicyclic amines) is 1. The van der Waals surface area contributed by atoms with Crippen LogP contribution in [0.3, 0.4) is 0 Å². The van der Waals surface area contributed by atoms with Crippen LogP contribution < -0.4 is 0 Å². The van der Waals surface area contributed by atoms with Gasteiger partial charge in [-0.1, -0.05) is 86.1 Å². The molecule has 4 rings (SSSR count). The molecule has 2 bridgehead atoms. The Kier molecular flexibility index (Phi) is 12.7. The number of halogens is 1. The highest BCUT2D eigenvalue weighted by Gasteiger charge is 2.78. The van der Waals surface area contributed by atoms with Crippen LogP contribution in [0, 0.1) is 17.3 Å². The van der Waals surface area contributed by atoms with Crippen molar-refractivity contribution in [2.24, 2.45) is 17.3 Å². The van der Waals surface area contributed by atoms with Crippen molar-refractivity contribution in [3.8, 4) is 0 Å². The summed E-state index contributed by atoms with van der Waals surface area (Å²) in [5, 5.41) is 10.6. The highest BCUT2D eigenvalue weighted by molar-refractivity contribution is 9.09. The third kappa shape index (κ3) is 7.86. The van der Waals surface area contributed by atoms with Crippen molar-refractivity contribution in [3.63, 3.8) is 0 Å². The van der Waals surface area contributed by atoms with Gasteiger partial charge in [-0.05, 0) is 57.4 Å². The van der Waals surface area contributed by atoms with Crippen LogP contribution in [0.4, 0.5) is 0 Å². The molecule has 0 aliphatic carbocycles. The van der Waals surface area contributed by atoms with Crippen LogP contribution in [-0.2, 0) is 28.7 Å². The highest BCUT2D eigenvalue weighted by atomic mass is 79.9. The maximum atomic E-state index is 15.1. The van der Waals surface area contributed by atoms with Crippen LogP contribution in [0.25, 0.3) is 0 Å². The average Bonchev–Trinajstić information content (AvgIpc) is 3.67. The second-order valence-electron chi connectivity index (χ2n) is 16.3. The van der Waals surface area contributed by atoms with Gasteiger partial charge in [-0.25, -0.2) is 0 Å². The quantitative estimate of drug-likeness (QED) is 0.128. The number of likely N-dealkylation sites (N-methyl/N-ethyl adjacent to an activating group) is 1. The summed E-state index contributed by atoms with van der Waals surface area (Å²) in [5.41, 5.74) is -1.36. The molecule has 1 aromatic rings. The van der Waals surface area contributed by atoms with E-state index in [2.05, 4.69) is 49.9 Å². The van der Waals surface area contributed by atoms with Gasteiger partial charge in [-0.15, -0.1) is 13.2 Å². The zero-order valence-corrected chi connectivity index (χ0v) is 33.2. The summed E-state index contributed by atoms with van der Waals surface area (Å²) >= 11 is 3.76. The van der Waals surface area contributed by atoms with Crippen molar-refractivity contribution in [3.05, 3.63) is 61.2 Å². The first-order valence-electron chi connectivity index (χ1n) is 18.2. The number of carbonyl (C=O) groups is 4. The molecule has 0 saturated carbocycles. The largest absolute Gasteiger partial charge is 0.455 e. The minimum atomic E-state index is -1.33. The number of aliphatic hydroxyl groups excluding tert-OH is 1. The number of ether oxygens (including phenoxy) is 2. The van der Waals surface area contributed by atoms with E-state index < -0.39 is 65.2 Å². The van der Waals surface area contributed by atoms with E-state index in [0.717, 1.165) is 0 Å². The third-order valence-electron chi connectivity index (χ3n) is 11.0. The van der Waals surface area contributed by atoms with E-state index in [-0.39, 0.29) is 41.6 Å². The van der Waals surface area contributed by atoms with Gasteiger partial charge in [0.25, 0.3) is 0 Å². The molecular formula is C40H58BrN3O7. The molecular weight excluding hydrogens is 714 g/mol. The highest BCUT2D eigenvalue weighted by Crippen LogP contribution is 2.61. The number of amides is 3. The number of allylic oxidation sites excluding steroid dienone is 1. The Morgan fingerprint density at radius 3 is 2.35 bits per heavy atom. The number of fused-ring (bicyclic) bond motifs is 1. The molecule has 9 atom stereocenters. The number of alkyl halides is 1. The molecule has 1 unspecified atom stereocenters. The lowest BCUT2D eigenvalue weighted by Gasteiger charge is -2.46. The summed E-state index contributed by atoms with van der Waals surface area (Å²) in [4.78, 5) is 62.0. The number of carbonyl (C=O) groups excluding carboxylic acids is 4. The van der Waals surface area contributed by atoms with Crippen molar-refractivity contribution >= 4 is 39.6 Å². The van der Waals surface area contributed by atoms with E-state index in [9.17, 15) is 19.5 Å². The molecule has 3 aliphatic heterocycles. The minimum absolute atomic E-state index is 0.110. The zero-order valence-electron chi connectivity index (χ0n) is 31.6. The zero-order chi connectivity index (χ0) is 38.1. The molecule has 3 heterocycles. The van der Waals surface area contributed by atoms with Gasteiger partial charge >= 0.3 is 5.97 Å². The number of benzene rings is 1. The normalized spacial score (nSPS) is 27.4. The molecule has 3 aliphatic rings. The summed E-state index contributed by atoms with van der Waals surface area (Å²) in [6.07, 6.45) is 4.00. The molecule has 0 aromatic heterocycles. The van der Waals surface area contributed by atoms with E-state index >= 15 is 4.79 Å². The first kappa shape index (κ1) is 40.7. The number of rotatable bonds is 16. The number of hydrogen-bond acceptors (Lipinski definition) is 7. The summed E-state index contributed by atoms with van der Waals surface area (Å²) < 4.78 is 13.2.